The molecule has 2 heterocycles. The second-order valence-corrected chi connectivity index (χ2v) is 12.8. The van der Waals surface area contributed by atoms with Crippen LogP contribution in [-0.4, -0.2) is 71.3 Å². The number of carboxylic acid groups (broad SMARTS) is 1. The molecule has 2 amide bonds. The summed E-state index contributed by atoms with van der Waals surface area (Å²) in [6.07, 6.45) is 3.36. The lowest BCUT2D eigenvalue weighted by Gasteiger charge is -2.47. The summed E-state index contributed by atoms with van der Waals surface area (Å²) in [5.41, 5.74) is 4.45. The largest absolute Gasteiger partial charge is 0.492 e. The first-order valence-electron chi connectivity index (χ1n) is 15.5. The maximum absolute atomic E-state index is 14.4. The quantitative estimate of drug-likeness (QED) is 0.228. The van der Waals surface area contributed by atoms with Gasteiger partial charge < -0.3 is 20.1 Å². The number of amides is 2. The van der Waals surface area contributed by atoms with Crippen molar-refractivity contribution in [3.8, 4) is 5.75 Å². The third-order valence-corrected chi connectivity index (χ3v) is 9.52. The molecule has 3 aliphatic rings. The Morgan fingerprint density at radius 2 is 1.64 bits per heavy atom. The van der Waals surface area contributed by atoms with Gasteiger partial charge in [0, 0.05) is 37.3 Å². The van der Waals surface area contributed by atoms with E-state index >= 15 is 0 Å². The highest BCUT2D eigenvalue weighted by Crippen LogP contribution is 2.39. The number of nitrogens with one attached hydrogen (secondary N) is 1. The van der Waals surface area contributed by atoms with Crippen molar-refractivity contribution in [1.82, 2.24) is 15.1 Å². The van der Waals surface area contributed by atoms with Gasteiger partial charge in [-0.1, -0.05) is 36.4 Å². The summed E-state index contributed by atoms with van der Waals surface area (Å²) < 4.78 is 33.5. The number of fused-ring (bicyclic) bond motifs is 2. The fourth-order valence-corrected chi connectivity index (χ4v) is 6.80. The minimum atomic E-state index is -1.01. The van der Waals surface area contributed by atoms with E-state index in [0.29, 0.717) is 54.9 Å². The summed E-state index contributed by atoms with van der Waals surface area (Å²) in [6.45, 7) is 1.83. The smallest absolute Gasteiger partial charge is 0.408 e. The Kier molecular flexibility index (Phi) is 9.51. The van der Waals surface area contributed by atoms with Crippen LogP contribution < -0.4 is 10.1 Å². The maximum atomic E-state index is 14.4. The number of nitrogens with zero attached hydrogens (tertiary/aromatic N) is 2. The monoisotopic (exact) mass is 679 g/mol. The van der Waals surface area contributed by atoms with E-state index in [-0.39, 0.29) is 29.6 Å². The van der Waals surface area contributed by atoms with Gasteiger partial charge in [0.05, 0.1) is 23.2 Å². The predicted molar refractivity (Wildman–Crippen MR) is 171 cm³/mol. The Hall–Kier alpha value is -3.76. The van der Waals surface area contributed by atoms with E-state index < -0.39 is 12.1 Å². The van der Waals surface area contributed by atoms with Crippen molar-refractivity contribution < 1.29 is 28.2 Å². The van der Waals surface area contributed by atoms with Crippen LogP contribution in [0.2, 0.25) is 0 Å². The molecular weight excluding hydrogens is 644 g/mol. The lowest BCUT2D eigenvalue weighted by molar-refractivity contribution is -0.128. The van der Waals surface area contributed by atoms with Crippen LogP contribution in [0.25, 0.3) is 5.57 Å². The first-order valence-corrected chi connectivity index (χ1v) is 16.3. The average molecular weight is 681 g/mol. The molecule has 3 aromatic carbocycles. The van der Waals surface area contributed by atoms with Crippen LogP contribution in [0, 0.1) is 11.6 Å². The number of benzene rings is 3. The van der Waals surface area contributed by atoms with Crippen molar-refractivity contribution in [3.63, 3.8) is 0 Å². The van der Waals surface area contributed by atoms with Gasteiger partial charge in [0.15, 0.2) is 0 Å². The molecule has 2 bridgehead atoms. The zero-order valence-electron chi connectivity index (χ0n) is 24.9. The molecule has 1 saturated heterocycles. The highest BCUT2D eigenvalue weighted by atomic mass is 79.9. The number of hydrogen-bond acceptors (Lipinski definition) is 4. The van der Waals surface area contributed by atoms with E-state index in [9.17, 15) is 23.5 Å². The first-order chi connectivity index (χ1) is 21.8. The van der Waals surface area contributed by atoms with Crippen molar-refractivity contribution in [3.05, 3.63) is 105 Å². The Morgan fingerprint density at radius 1 is 0.956 bits per heavy atom. The molecule has 3 aromatic rings. The summed E-state index contributed by atoms with van der Waals surface area (Å²) in [7, 11) is 0. The van der Waals surface area contributed by atoms with Crippen molar-refractivity contribution in [1.29, 1.82) is 0 Å². The standard InChI is InChI=1S/C35H36BrF2N3O4/c36-30-14-11-26(38)18-32(30)45-17-1-2-22-3-7-24(8-4-22)29-19-28-20-39-21-31(41(28)35(43)44)33(29)34(42)40(27-12-13-27)16-15-23-5-9-25(37)10-6-23/h3-11,14,18,27-28,31,39H,1-2,12-13,15-17,19-21H2,(H,43,44). The number of hydrogen-bond donors (Lipinski definition) is 2. The first kappa shape index (κ1) is 31.2. The van der Waals surface area contributed by atoms with Gasteiger partial charge >= 0.3 is 6.09 Å². The Bertz CT molecular complexity index is 1580. The Balaban J connectivity index is 1.22. The van der Waals surface area contributed by atoms with Crippen molar-refractivity contribution >= 4 is 33.5 Å². The minimum Gasteiger partial charge on any atom is -0.492 e. The van der Waals surface area contributed by atoms with Crippen LogP contribution in [0.15, 0.2) is 76.8 Å². The second-order valence-electron chi connectivity index (χ2n) is 11.9. The van der Waals surface area contributed by atoms with E-state index in [1.807, 2.05) is 29.2 Å². The van der Waals surface area contributed by atoms with Crippen molar-refractivity contribution in [2.24, 2.45) is 0 Å². The van der Waals surface area contributed by atoms with Gasteiger partial charge in [-0.05, 0) is 101 Å². The van der Waals surface area contributed by atoms with E-state index in [4.69, 9.17) is 4.74 Å². The van der Waals surface area contributed by atoms with E-state index in [0.717, 1.165) is 47.9 Å². The van der Waals surface area contributed by atoms with E-state index in [2.05, 4.69) is 21.2 Å². The fraction of sp³-hybridized carbons (Fsp3) is 0.371. The summed E-state index contributed by atoms with van der Waals surface area (Å²) in [6, 6.07) is 18.1. The molecule has 1 saturated carbocycles. The van der Waals surface area contributed by atoms with Gasteiger partial charge in [-0.2, -0.15) is 0 Å². The summed E-state index contributed by atoms with van der Waals surface area (Å²) in [4.78, 5) is 30.2. The molecule has 1 aliphatic carbocycles. The molecule has 6 rings (SSSR count). The molecule has 2 fully saturated rings. The molecule has 236 valence electrons. The molecule has 10 heteroatoms. The van der Waals surface area contributed by atoms with Gasteiger partial charge in [-0.3, -0.25) is 9.69 Å². The van der Waals surface area contributed by atoms with E-state index in [1.54, 1.807) is 18.2 Å². The lowest BCUT2D eigenvalue weighted by Crippen LogP contribution is -2.63. The van der Waals surface area contributed by atoms with Crippen LogP contribution in [0.1, 0.15) is 42.4 Å². The number of halogens is 3. The van der Waals surface area contributed by atoms with Gasteiger partial charge in [0.1, 0.15) is 17.4 Å². The van der Waals surface area contributed by atoms with Crippen molar-refractivity contribution in [2.75, 3.05) is 26.2 Å². The number of aryl methyl sites for hydroxylation is 1. The third-order valence-electron chi connectivity index (χ3n) is 8.86. The van der Waals surface area contributed by atoms with E-state index in [1.165, 1.54) is 29.2 Å². The number of rotatable bonds is 11. The molecule has 7 nitrogen and oxygen atoms in total. The highest BCUT2D eigenvalue weighted by molar-refractivity contribution is 9.10. The third kappa shape index (κ3) is 7.23. The zero-order chi connectivity index (χ0) is 31.5. The van der Waals surface area contributed by atoms with Gasteiger partial charge in [-0.15, -0.1) is 0 Å². The molecule has 2 atom stereocenters. The highest BCUT2D eigenvalue weighted by Gasteiger charge is 2.46. The second kappa shape index (κ2) is 13.7. The fourth-order valence-electron chi connectivity index (χ4n) is 6.44. The van der Waals surface area contributed by atoms with Gasteiger partial charge in [-0.25, -0.2) is 13.6 Å². The topological polar surface area (TPSA) is 82.1 Å². The average Bonchev–Trinajstić information content (AvgIpc) is 3.87. The Labute approximate surface area is 270 Å². The van der Waals surface area contributed by atoms with Crippen LogP contribution >= 0.6 is 15.9 Å². The molecule has 2 N–H and O–H groups in total. The predicted octanol–water partition coefficient (Wildman–Crippen LogP) is 6.45. The zero-order valence-corrected chi connectivity index (χ0v) is 26.4. The van der Waals surface area contributed by atoms with Crippen LogP contribution in [0.5, 0.6) is 5.75 Å². The van der Waals surface area contributed by atoms with Crippen LogP contribution in [-0.2, 0) is 17.6 Å². The number of piperazine rings is 1. The van der Waals surface area contributed by atoms with Crippen molar-refractivity contribution in [2.45, 2.75) is 56.7 Å². The summed E-state index contributed by atoms with van der Waals surface area (Å²) in [5.74, 6) is -0.286. The molecule has 2 unspecified atom stereocenters. The normalized spacial score (nSPS) is 19.4. The van der Waals surface area contributed by atoms with Gasteiger partial charge in [0.25, 0.3) is 5.91 Å². The van der Waals surface area contributed by atoms with Crippen LogP contribution in [0.3, 0.4) is 0 Å². The number of carbonyl (C=O) groups excluding carboxylic acids is 1. The number of ether oxygens (including phenoxy) is 1. The lowest BCUT2D eigenvalue weighted by atomic mass is 9.81. The molecule has 45 heavy (non-hydrogen) atoms. The Morgan fingerprint density at radius 3 is 2.36 bits per heavy atom. The van der Waals surface area contributed by atoms with Crippen LogP contribution in [0.4, 0.5) is 13.6 Å². The minimum absolute atomic E-state index is 0.113. The molecule has 2 aliphatic heterocycles. The molecule has 0 radical (unpaired) electrons. The summed E-state index contributed by atoms with van der Waals surface area (Å²) >= 11 is 3.38. The molecule has 0 aromatic heterocycles. The van der Waals surface area contributed by atoms with Gasteiger partial charge in [0.2, 0.25) is 0 Å². The molecule has 0 spiro atoms. The summed E-state index contributed by atoms with van der Waals surface area (Å²) in [5, 5.41) is 13.5. The number of carbonyl (C=O) groups is 2. The maximum Gasteiger partial charge on any atom is 0.408 e. The SMILES string of the molecule is O=C(C1=C(c2ccc(CCCOc3cc(F)ccc3Br)cc2)CC2CNCC1N2C(=O)O)N(CCc1ccc(F)cc1)C1CC1. The molecular formula is C35H36BrF2N3O4.